The molecule has 0 aliphatic rings. The van der Waals surface area contributed by atoms with E-state index in [0.29, 0.717) is 24.4 Å². The third-order valence-corrected chi connectivity index (χ3v) is 6.66. The van der Waals surface area contributed by atoms with Crippen LogP contribution in [0, 0.1) is 0 Å². The largest absolute Gasteiger partial charge is 0.353 e. The Morgan fingerprint density at radius 3 is 2.39 bits per heavy atom. The molecule has 0 saturated heterocycles. The van der Waals surface area contributed by atoms with Crippen molar-refractivity contribution in [3.8, 4) is 0 Å². The zero-order valence-electron chi connectivity index (χ0n) is 16.0. The van der Waals surface area contributed by atoms with E-state index in [1.165, 1.54) is 4.31 Å². The minimum Gasteiger partial charge on any atom is -0.353 e. The Labute approximate surface area is 176 Å². The average molecular weight is 441 g/mol. The molecule has 0 aliphatic heterocycles. The minimum absolute atomic E-state index is 0.296. The molecule has 28 heavy (non-hydrogen) atoms. The number of carbonyl (C=O) groups excluding carboxylic acids is 1. The van der Waals surface area contributed by atoms with Crippen LogP contribution in [-0.4, -0.2) is 38.9 Å². The van der Waals surface area contributed by atoms with Crippen LogP contribution in [0.1, 0.15) is 18.9 Å². The van der Waals surface area contributed by atoms with Crippen molar-refractivity contribution in [2.24, 2.45) is 0 Å². The molecule has 1 N–H and O–H groups in total. The molecule has 0 radical (unpaired) electrons. The average Bonchev–Trinajstić information content (AvgIpc) is 2.66. The first-order valence-corrected chi connectivity index (χ1v) is 12.4. The topological polar surface area (TPSA) is 66.5 Å². The molecule has 2 aromatic carbocycles. The predicted octanol–water partition coefficient (Wildman–Crippen LogP) is 3.93. The minimum atomic E-state index is -3.60. The molecule has 0 bridgehead atoms. The van der Waals surface area contributed by atoms with Crippen LogP contribution in [-0.2, 0) is 20.6 Å². The zero-order valence-corrected chi connectivity index (χ0v) is 18.4. The van der Waals surface area contributed by atoms with Crippen molar-refractivity contribution in [2.45, 2.75) is 25.1 Å². The van der Waals surface area contributed by atoms with Gasteiger partial charge in [0.15, 0.2) is 0 Å². The molecule has 5 nitrogen and oxygen atoms in total. The van der Waals surface area contributed by atoms with Gasteiger partial charge in [-0.3, -0.25) is 9.10 Å². The van der Waals surface area contributed by atoms with Gasteiger partial charge in [0.25, 0.3) is 0 Å². The highest BCUT2D eigenvalue weighted by molar-refractivity contribution is 7.98. The van der Waals surface area contributed by atoms with Crippen molar-refractivity contribution in [3.63, 3.8) is 0 Å². The Balaban J connectivity index is 1.94. The fourth-order valence-electron chi connectivity index (χ4n) is 2.80. The monoisotopic (exact) mass is 440 g/mol. The van der Waals surface area contributed by atoms with Crippen molar-refractivity contribution in [3.05, 3.63) is 65.2 Å². The summed E-state index contributed by atoms with van der Waals surface area (Å²) in [5.41, 5.74) is 1.54. The number of nitrogens with zero attached hydrogens (tertiary/aromatic N) is 1. The van der Waals surface area contributed by atoms with Crippen LogP contribution < -0.4 is 9.62 Å². The van der Waals surface area contributed by atoms with E-state index in [1.54, 1.807) is 49.0 Å². The molecule has 0 aliphatic carbocycles. The molecular formula is C20H25ClN2O3S2. The van der Waals surface area contributed by atoms with Gasteiger partial charge in [-0.1, -0.05) is 54.9 Å². The van der Waals surface area contributed by atoms with E-state index >= 15 is 0 Å². The maximum atomic E-state index is 12.7. The second-order valence-corrected chi connectivity index (χ2v) is 9.63. The molecule has 1 atom stereocenters. The first-order valence-electron chi connectivity index (χ1n) is 8.98. The number of carbonyl (C=O) groups is 1. The summed E-state index contributed by atoms with van der Waals surface area (Å²) in [6.45, 7) is 2.26. The zero-order chi connectivity index (χ0) is 20.6. The molecule has 2 aromatic rings. The standard InChI is InChI=1S/C20H25ClN2O3S2/c1-3-19(23(28(2,25)26)17-10-5-4-6-11-17)20(24)22-13-14-27-15-16-9-7-8-12-18(16)21/h4-12,19H,3,13-15H2,1-2H3,(H,22,24)/t19-/m1/s1. The predicted molar refractivity (Wildman–Crippen MR) is 118 cm³/mol. The molecule has 152 valence electrons. The fourth-order valence-corrected chi connectivity index (χ4v) is 5.15. The third-order valence-electron chi connectivity index (χ3n) is 4.10. The van der Waals surface area contributed by atoms with Crippen molar-refractivity contribution >= 4 is 45.0 Å². The highest BCUT2D eigenvalue weighted by atomic mass is 35.5. The Kier molecular flexibility index (Phi) is 8.66. The lowest BCUT2D eigenvalue weighted by Gasteiger charge is -2.30. The summed E-state index contributed by atoms with van der Waals surface area (Å²) >= 11 is 7.80. The molecule has 8 heteroatoms. The van der Waals surface area contributed by atoms with Crippen molar-refractivity contribution < 1.29 is 13.2 Å². The van der Waals surface area contributed by atoms with Gasteiger partial charge in [-0.05, 0) is 30.2 Å². The molecule has 2 rings (SSSR count). The van der Waals surface area contributed by atoms with Crippen molar-refractivity contribution in [1.29, 1.82) is 0 Å². The van der Waals surface area contributed by atoms with E-state index < -0.39 is 16.1 Å². The van der Waals surface area contributed by atoms with E-state index in [2.05, 4.69) is 5.32 Å². The molecular weight excluding hydrogens is 416 g/mol. The van der Waals surface area contributed by atoms with E-state index in [-0.39, 0.29) is 5.91 Å². The lowest BCUT2D eigenvalue weighted by molar-refractivity contribution is -0.122. The number of hydrogen-bond donors (Lipinski definition) is 1. The smallest absolute Gasteiger partial charge is 0.243 e. The first kappa shape index (κ1) is 22.6. The number of anilines is 1. The summed E-state index contributed by atoms with van der Waals surface area (Å²) in [6.07, 6.45) is 1.50. The summed E-state index contributed by atoms with van der Waals surface area (Å²) in [5, 5.41) is 3.59. The number of nitrogens with one attached hydrogen (secondary N) is 1. The van der Waals surface area contributed by atoms with Gasteiger partial charge in [0, 0.05) is 23.1 Å². The lowest BCUT2D eigenvalue weighted by atomic mass is 10.2. The van der Waals surface area contributed by atoms with Crippen LogP contribution in [0.2, 0.25) is 5.02 Å². The van der Waals surface area contributed by atoms with Crippen LogP contribution in [0.25, 0.3) is 0 Å². The van der Waals surface area contributed by atoms with Crippen LogP contribution in [0.15, 0.2) is 54.6 Å². The number of amides is 1. The summed E-state index contributed by atoms with van der Waals surface area (Å²) in [7, 11) is -3.60. The second kappa shape index (κ2) is 10.7. The van der Waals surface area contributed by atoms with Crippen LogP contribution in [0.3, 0.4) is 0 Å². The quantitative estimate of drug-likeness (QED) is 0.568. The number of para-hydroxylation sites is 1. The molecule has 0 saturated carbocycles. The van der Waals surface area contributed by atoms with E-state index in [1.807, 2.05) is 24.3 Å². The summed E-state index contributed by atoms with van der Waals surface area (Å²) in [6, 6.07) is 15.6. The molecule has 0 heterocycles. The number of rotatable bonds is 10. The summed E-state index contributed by atoms with van der Waals surface area (Å²) in [5.74, 6) is 1.17. The number of halogens is 1. The number of sulfonamides is 1. The lowest BCUT2D eigenvalue weighted by Crippen LogP contribution is -2.49. The number of benzene rings is 2. The third kappa shape index (κ3) is 6.43. The molecule has 0 unspecified atom stereocenters. The van der Waals surface area contributed by atoms with E-state index in [4.69, 9.17) is 11.6 Å². The van der Waals surface area contributed by atoms with Crippen molar-refractivity contribution in [1.82, 2.24) is 5.32 Å². The summed E-state index contributed by atoms with van der Waals surface area (Å²) in [4.78, 5) is 12.7. The highest BCUT2D eigenvalue weighted by Gasteiger charge is 2.31. The van der Waals surface area contributed by atoms with Crippen LogP contribution >= 0.6 is 23.4 Å². The van der Waals surface area contributed by atoms with Gasteiger partial charge in [-0.2, -0.15) is 11.8 Å². The van der Waals surface area contributed by atoms with Gasteiger partial charge in [-0.25, -0.2) is 8.42 Å². The van der Waals surface area contributed by atoms with E-state index in [9.17, 15) is 13.2 Å². The summed E-state index contributed by atoms with van der Waals surface area (Å²) < 4.78 is 25.9. The van der Waals surface area contributed by atoms with Gasteiger partial charge in [0.05, 0.1) is 11.9 Å². The van der Waals surface area contributed by atoms with Gasteiger partial charge in [0.1, 0.15) is 6.04 Å². The number of thioether (sulfide) groups is 1. The maximum absolute atomic E-state index is 12.7. The molecule has 1 amide bonds. The number of hydrogen-bond acceptors (Lipinski definition) is 4. The highest BCUT2D eigenvalue weighted by Crippen LogP contribution is 2.22. The second-order valence-electron chi connectivity index (χ2n) is 6.25. The van der Waals surface area contributed by atoms with Crippen LogP contribution in [0.5, 0.6) is 0 Å². The molecule has 0 spiro atoms. The Hall–Kier alpha value is -1.70. The van der Waals surface area contributed by atoms with Gasteiger partial charge >= 0.3 is 0 Å². The Morgan fingerprint density at radius 2 is 1.79 bits per heavy atom. The first-order chi connectivity index (χ1) is 13.3. The fraction of sp³-hybridized carbons (Fsp3) is 0.350. The Bertz CT molecular complexity index is 876. The van der Waals surface area contributed by atoms with Gasteiger partial charge in [-0.15, -0.1) is 0 Å². The molecule has 0 aromatic heterocycles. The van der Waals surface area contributed by atoms with E-state index in [0.717, 1.165) is 22.6 Å². The SMILES string of the molecule is CC[C@H](C(=O)NCCSCc1ccccc1Cl)N(c1ccccc1)S(C)(=O)=O. The Morgan fingerprint density at radius 1 is 1.14 bits per heavy atom. The van der Waals surface area contributed by atoms with Crippen LogP contribution in [0.4, 0.5) is 5.69 Å². The molecule has 0 fully saturated rings. The normalized spacial score (nSPS) is 12.4. The maximum Gasteiger partial charge on any atom is 0.243 e. The van der Waals surface area contributed by atoms with Gasteiger partial charge in [0.2, 0.25) is 15.9 Å². The van der Waals surface area contributed by atoms with Crippen molar-refractivity contribution in [2.75, 3.05) is 22.9 Å². The van der Waals surface area contributed by atoms with Gasteiger partial charge < -0.3 is 5.32 Å².